The molecule has 0 aliphatic heterocycles. The maximum atomic E-state index is 6.59. The number of fused-ring (bicyclic) bond motifs is 6. The van der Waals surface area contributed by atoms with Gasteiger partial charge in [-0.15, -0.1) is 0 Å². The van der Waals surface area contributed by atoms with Gasteiger partial charge in [-0.1, -0.05) is 183 Å². The normalized spacial score (nSPS) is 12.1. The molecule has 320 valence electrons. The minimum atomic E-state index is 0.420. The zero-order valence-electron chi connectivity index (χ0n) is 37.4. The Balaban J connectivity index is 1.03. The Morgan fingerprint density at radius 2 is 1.09 bits per heavy atom. The number of aromatic nitrogens is 4. The fourth-order valence-electron chi connectivity index (χ4n) is 10.2. The second kappa shape index (κ2) is 16.9. The number of hydrogen-bond donors (Lipinski definition) is 0. The lowest BCUT2D eigenvalue weighted by atomic mass is 9.85. The van der Waals surface area contributed by atoms with E-state index in [-0.39, 0.29) is 0 Å². The standard InChI is InChI=1S/C62H46N4O/c1-3-41(42-20-7-4-8-21-42)38-45-26-13-14-27-48(45)47-36-37-51-50-28-15-17-31-54(50)66(59(51)40(47)2)55-32-18-16-29-52(55)62-64-60(44-24-11-6-12-25-44)63-61(65-62)46-34-35-53-57(39-46)67-56-33-19-30-49(58(53)56)43-22-9-5-10-23-43/h4-37,39,41H,3,38H2,1-2H3. The fraction of sp³-hybridized carbons (Fsp3) is 0.0806. The molecule has 3 heterocycles. The third kappa shape index (κ3) is 7.08. The molecule has 0 bridgehead atoms. The Morgan fingerprint density at radius 1 is 0.463 bits per heavy atom. The van der Waals surface area contributed by atoms with Crippen LogP contribution in [-0.2, 0) is 6.42 Å². The molecule has 9 aromatic carbocycles. The Bertz CT molecular complexity index is 3780. The number of aryl methyl sites for hydroxylation is 1. The summed E-state index contributed by atoms with van der Waals surface area (Å²) in [6.07, 6.45) is 2.03. The average molecular weight is 863 g/mol. The molecule has 12 rings (SSSR count). The highest BCUT2D eigenvalue weighted by molar-refractivity contribution is 6.14. The Labute approximate surface area is 389 Å². The minimum Gasteiger partial charge on any atom is -0.456 e. The highest BCUT2D eigenvalue weighted by Gasteiger charge is 2.23. The first-order chi connectivity index (χ1) is 33.1. The summed E-state index contributed by atoms with van der Waals surface area (Å²) >= 11 is 0. The molecule has 1 unspecified atom stereocenters. The maximum Gasteiger partial charge on any atom is 0.166 e. The van der Waals surface area contributed by atoms with Crippen molar-refractivity contribution in [1.82, 2.24) is 19.5 Å². The molecule has 1 atom stereocenters. The van der Waals surface area contributed by atoms with Gasteiger partial charge < -0.3 is 8.98 Å². The molecule has 0 N–H and O–H groups in total. The van der Waals surface area contributed by atoms with Crippen molar-refractivity contribution in [3.63, 3.8) is 0 Å². The zero-order chi connectivity index (χ0) is 44.8. The number of rotatable bonds is 10. The van der Waals surface area contributed by atoms with Crippen LogP contribution in [-0.4, -0.2) is 19.5 Å². The van der Waals surface area contributed by atoms with Crippen LogP contribution in [0.15, 0.2) is 217 Å². The molecular formula is C62H46N4O. The van der Waals surface area contributed by atoms with Gasteiger partial charge in [0.15, 0.2) is 17.5 Å². The highest BCUT2D eigenvalue weighted by Crippen LogP contribution is 2.43. The molecule has 5 nitrogen and oxygen atoms in total. The van der Waals surface area contributed by atoms with Gasteiger partial charge in [-0.05, 0) is 101 Å². The lowest BCUT2D eigenvalue weighted by Crippen LogP contribution is -2.05. The summed E-state index contributed by atoms with van der Waals surface area (Å²) in [5.41, 5.74) is 16.3. The quantitative estimate of drug-likeness (QED) is 0.137. The van der Waals surface area contributed by atoms with Crippen LogP contribution in [0.4, 0.5) is 0 Å². The summed E-state index contributed by atoms with van der Waals surface area (Å²) in [4.78, 5) is 15.8. The van der Waals surface area contributed by atoms with Gasteiger partial charge in [0.1, 0.15) is 11.2 Å². The third-order valence-corrected chi connectivity index (χ3v) is 13.5. The van der Waals surface area contributed by atoms with Crippen LogP contribution in [0.2, 0.25) is 0 Å². The smallest absolute Gasteiger partial charge is 0.166 e. The van der Waals surface area contributed by atoms with Crippen molar-refractivity contribution in [1.29, 1.82) is 0 Å². The molecule has 0 aliphatic carbocycles. The summed E-state index contributed by atoms with van der Waals surface area (Å²) < 4.78 is 9.01. The average Bonchev–Trinajstić information content (AvgIpc) is 3.95. The number of para-hydroxylation sites is 2. The van der Waals surface area contributed by atoms with Gasteiger partial charge in [0.05, 0.1) is 16.7 Å². The molecule has 0 saturated carbocycles. The first kappa shape index (κ1) is 40.1. The van der Waals surface area contributed by atoms with Gasteiger partial charge in [-0.25, -0.2) is 15.0 Å². The zero-order valence-corrected chi connectivity index (χ0v) is 37.4. The van der Waals surface area contributed by atoms with E-state index in [1.54, 1.807) is 0 Å². The molecule has 0 aliphatic rings. The van der Waals surface area contributed by atoms with Gasteiger partial charge in [0.25, 0.3) is 0 Å². The molecule has 5 heteroatoms. The van der Waals surface area contributed by atoms with Gasteiger partial charge in [0, 0.05) is 38.2 Å². The molecule has 3 aromatic heterocycles. The molecule has 0 spiro atoms. The van der Waals surface area contributed by atoms with Crippen LogP contribution in [0.5, 0.6) is 0 Å². The van der Waals surface area contributed by atoms with Crippen LogP contribution in [0.25, 0.3) is 106 Å². The minimum absolute atomic E-state index is 0.420. The summed E-state index contributed by atoms with van der Waals surface area (Å²) in [7, 11) is 0. The van der Waals surface area contributed by atoms with Crippen molar-refractivity contribution in [2.24, 2.45) is 0 Å². The van der Waals surface area contributed by atoms with E-state index in [1.165, 1.54) is 44.1 Å². The molecule has 0 fully saturated rings. The van der Waals surface area contributed by atoms with E-state index < -0.39 is 0 Å². The molecule has 12 aromatic rings. The second-order valence-electron chi connectivity index (χ2n) is 17.4. The van der Waals surface area contributed by atoms with Crippen LogP contribution >= 0.6 is 0 Å². The van der Waals surface area contributed by atoms with Crippen LogP contribution in [0.3, 0.4) is 0 Å². The van der Waals surface area contributed by atoms with Crippen molar-refractivity contribution < 1.29 is 4.42 Å². The van der Waals surface area contributed by atoms with E-state index >= 15 is 0 Å². The molecule has 0 radical (unpaired) electrons. The van der Waals surface area contributed by atoms with E-state index in [4.69, 9.17) is 19.4 Å². The van der Waals surface area contributed by atoms with Crippen LogP contribution in [0, 0.1) is 6.92 Å². The molecular weight excluding hydrogens is 817 g/mol. The van der Waals surface area contributed by atoms with E-state index in [9.17, 15) is 0 Å². The van der Waals surface area contributed by atoms with Gasteiger partial charge in [0.2, 0.25) is 0 Å². The largest absolute Gasteiger partial charge is 0.456 e. The van der Waals surface area contributed by atoms with E-state index in [2.05, 4.69) is 200 Å². The Hall–Kier alpha value is -8.41. The van der Waals surface area contributed by atoms with Crippen molar-refractivity contribution in [3.05, 3.63) is 229 Å². The van der Waals surface area contributed by atoms with Crippen LogP contribution < -0.4 is 0 Å². The van der Waals surface area contributed by atoms with Crippen molar-refractivity contribution >= 4 is 43.7 Å². The first-order valence-electron chi connectivity index (χ1n) is 23.2. The van der Waals surface area contributed by atoms with Gasteiger partial charge >= 0.3 is 0 Å². The number of furan rings is 1. The first-order valence-corrected chi connectivity index (χ1v) is 23.2. The summed E-state index contributed by atoms with van der Waals surface area (Å²) in [6.45, 7) is 4.58. The monoisotopic (exact) mass is 862 g/mol. The Morgan fingerprint density at radius 3 is 1.88 bits per heavy atom. The topological polar surface area (TPSA) is 56.7 Å². The third-order valence-electron chi connectivity index (χ3n) is 13.5. The predicted molar refractivity (Wildman–Crippen MR) is 277 cm³/mol. The Kier molecular flexibility index (Phi) is 10.1. The van der Waals surface area contributed by atoms with Gasteiger partial charge in [-0.2, -0.15) is 0 Å². The molecule has 67 heavy (non-hydrogen) atoms. The summed E-state index contributed by atoms with van der Waals surface area (Å²) in [5, 5.41) is 4.54. The van der Waals surface area contributed by atoms with E-state index in [0.717, 1.165) is 73.8 Å². The summed E-state index contributed by atoms with van der Waals surface area (Å²) in [6, 6.07) is 75.1. The van der Waals surface area contributed by atoms with Gasteiger partial charge in [-0.3, -0.25) is 0 Å². The lowest BCUT2D eigenvalue weighted by molar-refractivity contribution is 0.661. The lowest BCUT2D eigenvalue weighted by Gasteiger charge is -2.20. The van der Waals surface area contributed by atoms with E-state index in [0.29, 0.717) is 23.4 Å². The number of hydrogen-bond acceptors (Lipinski definition) is 4. The highest BCUT2D eigenvalue weighted by atomic mass is 16.3. The summed E-state index contributed by atoms with van der Waals surface area (Å²) in [5.74, 6) is 2.18. The SMILES string of the molecule is CCC(Cc1ccccc1-c1ccc2c3ccccc3n(-c3ccccc3-c3nc(-c4ccccc4)nc(-c4ccc5c(c4)oc4cccc(-c6ccccc6)c45)n3)c2c1C)c1ccccc1. The second-order valence-corrected chi connectivity index (χ2v) is 17.4. The molecule has 0 amide bonds. The van der Waals surface area contributed by atoms with Crippen LogP contribution in [0.1, 0.15) is 36.0 Å². The van der Waals surface area contributed by atoms with Crippen molar-refractivity contribution in [3.8, 4) is 62.1 Å². The fourth-order valence-corrected chi connectivity index (χ4v) is 10.2. The number of benzene rings is 9. The predicted octanol–water partition coefficient (Wildman–Crippen LogP) is 16.2. The molecule has 0 saturated heterocycles. The van der Waals surface area contributed by atoms with E-state index in [1.807, 2.05) is 30.3 Å². The van der Waals surface area contributed by atoms with Crippen molar-refractivity contribution in [2.75, 3.05) is 0 Å². The number of nitrogens with zero attached hydrogens (tertiary/aromatic N) is 4. The maximum absolute atomic E-state index is 6.59. The van der Waals surface area contributed by atoms with Crippen molar-refractivity contribution in [2.45, 2.75) is 32.6 Å².